The molecule has 0 N–H and O–H groups in total. The third kappa shape index (κ3) is 4.72. The molecule has 0 aliphatic carbocycles. The van der Waals surface area contributed by atoms with E-state index in [2.05, 4.69) is 237 Å². The van der Waals surface area contributed by atoms with Crippen LogP contribution in [0.15, 0.2) is 223 Å². The molecule has 5 aliphatic rings. The highest BCUT2D eigenvalue weighted by Gasteiger charge is 2.54. The summed E-state index contributed by atoms with van der Waals surface area (Å²) >= 11 is 0. The van der Waals surface area contributed by atoms with Crippen LogP contribution in [0.4, 0.5) is 34.1 Å². The molecule has 8 heterocycles. The van der Waals surface area contributed by atoms with Crippen LogP contribution < -0.4 is 52.1 Å². The maximum absolute atomic E-state index is 7.47. The number of ether oxygens (including phenoxy) is 2. The maximum atomic E-state index is 7.47. The molecule has 0 bridgehead atoms. The fourth-order valence-corrected chi connectivity index (χ4v) is 14.2. The van der Waals surface area contributed by atoms with E-state index < -0.39 is 0 Å². The summed E-state index contributed by atoms with van der Waals surface area (Å²) in [7, 11) is 0. The quantitative estimate of drug-likeness (QED) is 0.165. The molecule has 344 valence electrons. The molecule has 0 saturated carbocycles. The van der Waals surface area contributed by atoms with Crippen LogP contribution in [0.25, 0.3) is 76.9 Å². The number of aromatic nitrogens is 2. The van der Waals surface area contributed by atoms with Gasteiger partial charge in [0.1, 0.15) is 34.2 Å². The topological polar surface area (TPSA) is 47.9 Å². The Labute approximate surface area is 429 Å². The van der Waals surface area contributed by atoms with E-state index in [1.54, 1.807) is 0 Å². The molecular weight excluding hydrogens is 918 g/mol. The lowest BCUT2D eigenvalue weighted by atomic mass is 9.29. The number of rotatable bonds is 3. The van der Waals surface area contributed by atoms with E-state index in [0.29, 0.717) is 0 Å². The van der Waals surface area contributed by atoms with Crippen molar-refractivity contribution in [2.24, 2.45) is 0 Å². The molecule has 9 heteroatoms. The molecule has 0 atom stereocenters. The van der Waals surface area contributed by atoms with Crippen molar-refractivity contribution in [2.45, 2.75) is 0 Å². The Morgan fingerprint density at radius 3 is 1.45 bits per heavy atom. The molecular formula is C66H36B2N4O3. The van der Waals surface area contributed by atoms with Gasteiger partial charge < -0.3 is 32.8 Å². The van der Waals surface area contributed by atoms with Crippen LogP contribution >= 0.6 is 0 Å². The van der Waals surface area contributed by atoms with E-state index in [4.69, 9.17) is 13.9 Å². The van der Waals surface area contributed by atoms with Gasteiger partial charge in [0, 0.05) is 73.3 Å². The maximum Gasteiger partial charge on any atom is 0.261 e. The van der Waals surface area contributed by atoms with Gasteiger partial charge in [-0.1, -0.05) is 133 Å². The van der Waals surface area contributed by atoms with E-state index in [-0.39, 0.29) is 13.4 Å². The first-order valence-corrected chi connectivity index (χ1v) is 25.8. The third-order valence-corrected chi connectivity index (χ3v) is 17.1. The van der Waals surface area contributed by atoms with Crippen molar-refractivity contribution in [3.8, 4) is 34.4 Å². The number of fused-ring (bicyclic) bond motifs is 16. The zero-order chi connectivity index (χ0) is 48.4. The summed E-state index contributed by atoms with van der Waals surface area (Å²) < 4.78 is 26.9. The average Bonchev–Trinajstić information content (AvgIpc) is 4.17. The van der Waals surface area contributed by atoms with Crippen molar-refractivity contribution >= 4 is 146 Å². The fraction of sp³-hybridized carbons (Fsp3) is 0. The van der Waals surface area contributed by atoms with Crippen molar-refractivity contribution in [2.75, 3.05) is 9.80 Å². The van der Waals surface area contributed by atoms with Crippen molar-refractivity contribution in [1.82, 2.24) is 9.13 Å². The van der Waals surface area contributed by atoms with E-state index in [1.165, 1.54) is 27.0 Å². The van der Waals surface area contributed by atoms with Gasteiger partial charge in [0.15, 0.2) is 0 Å². The summed E-state index contributed by atoms with van der Waals surface area (Å²) in [6.45, 7) is -0.396. The number of hydrogen-bond donors (Lipinski definition) is 0. The second-order valence-electron chi connectivity index (χ2n) is 20.7. The third-order valence-electron chi connectivity index (χ3n) is 17.1. The molecule has 75 heavy (non-hydrogen) atoms. The smallest absolute Gasteiger partial charge is 0.261 e. The van der Waals surface area contributed by atoms with Crippen molar-refractivity contribution in [3.63, 3.8) is 0 Å². The standard InChI is InChI=1S/C66H36B2N4O3/c1-2-15-37(16-3-1)69-53-27-14-22-48-63(53)72-64-54(69)35-45-44-21-8-13-28-55(44)75-66(45)62(64)68-47-32-30-39(71-51-25-11-6-19-42(51)43-20-7-12-26-52(43)71)34-57(47)74-59-36-58-60(65(72)61(59)68)67(48)46-31-29-38(33-56(46)73-58)70-49-23-9-4-17-40(49)41-18-5-10-24-50(41)70/h1-36H. The molecule has 0 spiro atoms. The van der Waals surface area contributed by atoms with Gasteiger partial charge in [-0.05, 0) is 99.5 Å². The first kappa shape index (κ1) is 38.8. The summed E-state index contributed by atoms with van der Waals surface area (Å²) in [5, 5.41) is 7.06. The second kappa shape index (κ2) is 13.6. The predicted molar refractivity (Wildman–Crippen MR) is 308 cm³/mol. The normalized spacial score (nSPS) is 14.0. The van der Waals surface area contributed by atoms with Crippen LogP contribution in [-0.2, 0) is 0 Å². The Balaban J connectivity index is 0.921. The predicted octanol–water partition coefficient (Wildman–Crippen LogP) is 12.9. The molecule has 19 rings (SSSR count). The van der Waals surface area contributed by atoms with Gasteiger partial charge >= 0.3 is 0 Å². The van der Waals surface area contributed by atoms with Crippen LogP contribution in [0.5, 0.6) is 23.0 Å². The van der Waals surface area contributed by atoms with Gasteiger partial charge in [0.25, 0.3) is 13.4 Å². The molecule has 5 aliphatic heterocycles. The zero-order valence-electron chi connectivity index (χ0n) is 40.0. The number of benzene rings is 11. The average molecular weight is 955 g/mol. The molecule has 11 aromatic carbocycles. The summed E-state index contributed by atoms with van der Waals surface area (Å²) in [6, 6.07) is 79.3. The largest absolute Gasteiger partial charge is 0.458 e. The SMILES string of the molecule is c1ccc(N2c3cccc4c3N3c5c6c(cc7c5B(c5ccc(-n8c9ccccc9c9ccccc98)cc5O7)c5c3c2cc2c5oc3ccccc32)Oc2cc(-n3c5ccccc5c5ccccc53)ccc2B46)cc1. The molecule has 0 fully saturated rings. The van der Waals surface area contributed by atoms with Gasteiger partial charge in [-0.2, -0.15) is 0 Å². The Kier molecular flexibility index (Phi) is 7.03. The van der Waals surface area contributed by atoms with Crippen molar-refractivity contribution in [1.29, 1.82) is 0 Å². The minimum Gasteiger partial charge on any atom is -0.458 e. The molecule has 0 radical (unpaired) electrons. The zero-order valence-corrected chi connectivity index (χ0v) is 40.0. The van der Waals surface area contributed by atoms with Gasteiger partial charge in [-0.15, -0.1) is 0 Å². The van der Waals surface area contributed by atoms with Crippen LogP contribution in [0, 0.1) is 0 Å². The van der Waals surface area contributed by atoms with Crippen LogP contribution in [-0.4, -0.2) is 22.6 Å². The lowest BCUT2D eigenvalue weighted by molar-refractivity contribution is 0.465. The fourth-order valence-electron chi connectivity index (χ4n) is 14.2. The number of furan rings is 1. The van der Waals surface area contributed by atoms with Gasteiger partial charge in [-0.25, -0.2) is 0 Å². The highest BCUT2D eigenvalue weighted by atomic mass is 16.5. The summed E-state index contributed by atoms with van der Waals surface area (Å²) in [6.07, 6.45) is 0. The summed E-state index contributed by atoms with van der Waals surface area (Å²) in [5.74, 6) is 3.23. The Morgan fingerprint density at radius 2 is 0.840 bits per heavy atom. The Bertz CT molecular complexity index is 4850. The lowest BCUT2D eigenvalue weighted by Gasteiger charge is -2.51. The monoisotopic (exact) mass is 954 g/mol. The van der Waals surface area contributed by atoms with Crippen molar-refractivity contribution < 1.29 is 13.9 Å². The first-order valence-electron chi connectivity index (χ1n) is 25.8. The van der Waals surface area contributed by atoms with E-state index >= 15 is 0 Å². The molecule has 0 amide bonds. The molecule has 0 saturated heterocycles. The van der Waals surface area contributed by atoms with Crippen LogP contribution in [0.2, 0.25) is 0 Å². The van der Waals surface area contributed by atoms with Crippen molar-refractivity contribution in [3.05, 3.63) is 218 Å². The van der Waals surface area contributed by atoms with Crippen LogP contribution in [0.1, 0.15) is 0 Å². The minimum absolute atomic E-state index is 0.141. The molecule has 3 aromatic heterocycles. The highest BCUT2D eigenvalue weighted by molar-refractivity contribution is 7.04. The first-order chi connectivity index (χ1) is 37.2. The van der Waals surface area contributed by atoms with Crippen LogP contribution in [0.3, 0.4) is 0 Å². The van der Waals surface area contributed by atoms with Gasteiger partial charge in [0.2, 0.25) is 0 Å². The number of anilines is 6. The van der Waals surface area contributed by atoms with E-state index in [1.807, 2.05) is 0 Å². The lowest BCUT2D eigenvalue weighted by Crippen LogP contribution is -2.67. The number of hydrogen-bond acceptors (Lipinski definition) is 5. The summed E-state index contributed by atoms with van der Waals surface area (Å²) in [5.41, 5.74) is 22.1. The molecule has 7 nitrogen and oxygen atoms in total. The Morgan fingerprint density at radius 1 is 0.307 bits per heavy atom. The summed E-state index contributed by atoms with van der Waals surface area (Å²) in [4.78, 5) is 5.06. The molecule has 14 aromatic rings. The highest BCUT2D eigenvalue weighted by Crippen LogP contribution is 2.58. The number of nitrogens with zero attached hydrogens (tertiary/aromatic N) is 4. The van der Waals surface area contributed by atoms with Gasteiger partial charge in [-0.3, -0.25) is 0 Å². The van der Waals surface area contributed by atoms with E-state index in [0.717, 1.165) is 140 Å². The van der Waals surface area contributed by atoms with Gasteiger partial charge in [0.05, 0.1) is 44.8 Å². The van der Waals surface area contributed by atoms with E-state index in [9.17, 15) is 0 Å². The molecule has 0 unspecified atom stereocenters. The Hall–Kier alpha value is -9.85. The second-order valence-corrected chi connectivity index (χ2v) is 20.7. The minimum atomic E-state index is -0.255. The number of para-hydroxylation sites is 7.